The second kappa shape index (κ2) is 2.45. The molecule has 1 heterocycles. The van der Waals surface area contributed by atoms with Crippen molar-refractivity contribution in [1.29, 1.82) is 0 Å². The maximum atomic E-state index is 13.3. The highest BCUT2D eigenvalue weighted by molar-refractivity contribution is 5.43. The van der Waals surface area contributed by atoms with Gasteiger partial charge in [-0.15, -0.1) is 0 Å². The first kappa shape index (κ1) is 7.55. The minimum Gasteiger partial charge on any atom is -0.488 e. The van der Waals surface area contributed by atoms with Gasteiger partial charge in [0.25, 0.3) is 0 Å². The predicted octanol–water partition coefficient (Wildman–Crippen LogP) is 1.53. The van der Waals surface area contributed by atoms with Crippen LogP contribution in [0, 0.1) is 12.7 Å². The molecule has 1 atom stereocenters. The minimum absolute atomic E-state index is 0.171. The Morgan fingerprint density at radius 3 is 3.08 bits per heavy atom. The minimum atomic E-state index is -0.277. The Labute approximate surface area is 70.1 Å². The lowest BCUT2D eigenvalue weighted by Gasteiger charge is -2.03. The van der Waals surface area contributed by atoms with Gasteiger partial charge < -0.3 is 10.5 Å². The van der Waals surface area contributed by atoms with Gasteiger partial charge in [-0.2, -0.15) is 0 Å². The van der Waals surface area contributed by atoms with Crippen molar-refractivity contribution in [1.82, 2.24) is 0 Å². The SMILES string of the molecule is Cc1ccc2c(c1F)OC[C@@H]2N. The Bertz CT molecular complexity index is 325. The zero-order valence-corrected chi connectivity index (χ0v) is 6.80. The van der Waals surface area contributed by atoms with Gasteiger partial charge in [-0.25, -0.2) is 4.39 Å². The lowest BCUT2D eigenvalue weighted by atomic mass is 10.1. The van der Waals surface area contributed by atoms with E-state index in [0.29, 0.717) is 17.9 Å². The van der Waals surface area contributed by atoms with Crippen LogP contribution < -0.4 is 10.5 Å². The molecule has 0 aromatic heterocycles. The molecule has 12 heavy (non-hydrogen) atoms. The van der Waals surface area contributed by atoms with E-state index in [1.165, 1.54) is 0 Å². The summed E-state index contributed by atoms with van der Waals surface area (Å²) in [5.74, 6) is 0.0583. The van der Waals surface area contributed by atoms with Crippen LogP contribution in [0.3, 0.4) is 0 Å². The van der Waals surface area contributed by atoms with Gasteiger partial charge >= 0.3 is 0 Å². The Hall–Kier alpha value is -1.09. The molecule has 3 heteroatoms. The molecule has 2 nitrogen and oxygen atoms in total. The maximum absolute atomic E-state index is 13.3. The van der Waals surface area contributed by atoms with Crippen LogP contribution in [-0.4, -0.2) is 6.61 Å². The summed E-state index contributed by atoms with van der Waals surface area (Å²) in [6.45, 7) is 2.10. The van der Waals surface area contributed by atoms with Gasteiger partial charge in [-0.3, -0.25) is 0 Å². The van der Waals surface area contributed by atoms with E-state index in [-0.39, 0.29) is 11.9 Å². The zero-order valence-electron chi connectivity index (χ0n) is 6.80. The van der Waals surface area contributed by atoms with E-state index in [2.05, 4.69) is 0 Å². The van der Waals surface area contributed by atoms with Gasteiger partial charge in [0.15, 0.2) is 11.6 Å². The third kappa shape index (κ3) is 0.898. The monoisotopic (exact) mass is 167 g/mol. The van der Waals surface area contributed by atoms with E-state index in [1.54, 1.807) is 13.0 Å². The quantitative estimate of drug-likeness (QED) is 0.636. The molecule has 0 aliphatic carbocycles. The van der Waals surface area contributed by atoms with Gasteiger partial charge in [-0.05, 0) is 12.5 Å². The fraction of sp³-hybridized carbons (Fsp3) is 0.333. The van der Waals surface area contributed by atoms with Crippen molar-refractivity contribution >= 4 is 0 Å². The van der Waals surface area contributed by atoms with Crippen LogP contribution in [0.5, 0.6) is 5.75 Å². The Balaban J connectivity index is 2.60. The number of benzene rings is 1. The summed E-state index contributed by atoms with van der Waals surface area (Å²) >= 11 is 0. The average molecular weight is 167 g/mol. The highest BCUT2D eigenvalue weighted by Crippen LogP contribution is 2.34. The van der Waals surface area contributed by atoms with Crippen molar-refractivity contribution in [3.63, 3.8) is 0 Å². The van der Waals surface area contributed by atoms with Crippen molar-refractivity contribution in [3.8, 4) is 5.75 Å². The lowest BCUT2D eigenvalue weighted by molar-refractivity contribution is 0.318. The van der Waals surface area contributed by atoms with Crippen molar-refractivity contribution in [2.75, 3.05) is 6.61 Å². The van der Waals surface area contributed by atoms with Crippen LogP contribution in [0.1, 0.15) is 17.2 Å². The molecule has 0 amide bonds. The van der Waals surface area contributed by atoms with Gasteiger partial charge in [0.1, 0.15) is 6.61 Å². The van der Waals surface area contributed by atoms with Crippen LogP contribution in [0.2, 0.25) is 0 Å². The molecule has 2 rings (SSSR count). The first-order valence-electron chi connectivity index (χ1n) is 3.87. The normalized spacial score (nSPS) is 20.4. The second-order valence-corrected chi connectivity index (χ2v) is 3.03. The summed E-state index contributed by atoms with van der Waals surface area (Å²) < 4.78 is 18.4. The lowest BCUT2D eigenvalue weighted by Crippen LogP contribution is -2.10. The van der Waals surface area contributed by atoms with Crippen molar-refractivity contribution in [2.45, 2.75) is 13.0 Å². The number of ether oxygens (including phenoxy) is 1. The summed E-state index contributed by atoms with van der Waals surface area (Å²) in [6.07, 6.45) is 0. The van der Waals surface area contributed by atoms with E-state index in [0.717, 1.165) is 5.56 Å². The first-order valence-corrected chi connectivity index (χ1v) is 3.87. The molecule has 0 radical (unpaired) electrons. The smallest absolute Gasteiger partial charge is 0.168 e. The molecule has 0 saturated heterocycles. The molecule has 0 unspecified atom stereocenters. The fourth-order valence-corrected chi connectivity index (χ4v) is 1.37. The Kier molecular flexibility index (Phi) is 1.54. The fourth-order valence-electron chi connectivity index (χ4n) is 1.37. The average Bonchev–Trinajstić information content (AvgIpc) is 2.41. The standard InChI is InChI=1S/C9H10FNO/c1-5-2-3-6-7(11)4-12-9(6)8(5)10/h2-3,7H,4,11H2,1H3/t7-/m0/s1. The predicted molar refractivity (Wildman–Crippen MR) is 43.6 cm³/mol. The van der Waals surface area contributed by atoms with Crippen LogP contribution in [0.25, 0.3) is 0 Å². The summed E-state index contributed by atoms with van der Waals surface area (Å²) in [6, 6.07) is 3.38. The summed E-state index contributed by atoms with van der Waals surface area (Å²) in [7, 11) is 0. The largest absolute Gasteiger partial charge is 0.488 e. The molecule has 1 aromatic carbocycles. The molecule has 1 aliphatic heterocycles. The first-order chi connectivity index (χ1) is 5.70. The highest BCUT2D eigenvalue weighted by Gasteiger charge is 2.24. The zero-order chi connectivity index (χ0) is 8.72. The van der Waals surface area contributed by atoms with Gasteiger partial charge in [0.2, 0.25) is 0 Å². The number of fused-ring (bicyclic) bond motifs is 1. The van der Waals surface area contributed by atoms with Gasteiger partial charge in [-0.1, -0.05) is 12.1 Å². The molecule has 1 aliphatic rings. The van der Waals surface area contributed by atoms with E-state index >= 15 is 0 Å². The number of aryl methyl sites for hydroxylation is 1. The van der Waals surface area contributed by atoms with E-state index in [9.17, 15) is 4.39 Å². The Morgan fingerprint density at radius 1 is 1.58 bits per heavy atom. The molecule has 0 fully saturated rings. The molecule has 0 spiro atoms. The summed E-state index contributed by atoms with van der Waals surface area (Å²) in [5.41, 5.74) is 7.05. The van der Waals surface area contributed by atoms with Gasteiger partial charge in [0.05, 0.1) is 6.04 Å². The number of rotatable bonds is 0. The molecule has 0 bridgehead atoms. The van der Waals surface area contributed by atoms with Crippen molar-refractivity contribution in [2.24, 2.45) is 5.73 Å². The highest BCUT2D eigenvalue weighted by atomic mass is 19.1. The van der Waals surface area contributed by atoms with Gasteiger partial charge in [0, 0.05) is 5.56 Å². The second-order valence-electron chi connectivity index (χ2n) is 3.03. The van der Waals surface area contributed by atoms with Crippen LogP contribution in [0.15, 0.2) is 12.1 Å². The number of hydrogen-bond donors (Lipinski definition) is 1. The van der Waals surface area contributed by atoms with Crippen LogP contribution in [-0.2, 0) is 0 Å². The third-order valence-electron chi connectivity index (χ3n) is 2.13. The molecule has 64 valence electrons. The number of hydrogen-bond acceptors (Lipinski definition) is 2. The van der Waals surface area contributed by atoms with E-state index < -0.39 is 0 Å². The van der Waals surface area contributed by atoms with Crippen LogP contribution >= 0.6 is 0 Å². The molecular formula is C9H10FNO. The molecule has 0 saturated carbocycles. The molecule has 2 N–H and O–H groups in total. The van der Waals surface area contributed by atoms with E-state index in [1.807, 2.05) is 6.07 Å². The topological polar surface area (TPSA) is 35.2 Å². The van der Waals surface area contributed by atoms with Crippen molar-refractivity contribution < 1.29 is 9.13 Å². The molecular weight excluding hydrogens is 157 g/mol. The summed E-state index contributed by atoms with van der Waals surface area (Å²) in [4.78, 5) is 0. The summed E-state index contributed by atoms with van der Waals surface area (Å²) in [5, 5.41) is 0. The number of halogens is 1. The Morgan fingerprint density at radius 2 is 2.33 bits per heavy atom. The van der Waals surface area contributed by atoms with E-state index in [4.69, 9.17) is 10.5 Å². The van der Waals surface area contributed by atoms with Crippen molar-refractivity contribution in [3.05, 3.63) is 29.1 Å². The maximum Gasteiger partial charge on any atom is 0.168 e. The molecule has 1 aromatic rings. The van der Waals surface area contributed by atoms with Crippen LogP contribution in [0.4, 0.5) is 4.39 Å². The number of nitrogens with two attached hydrogens (primary N) is 1. The third-order valence-corrected chi connectivity index (χ3v) is 2.13.